The number of nitrogens with zero attached hydrogens (tertiary/aromatic N) is 2. The number of aromatic nitrogens is 2. The number of nitrogens with one attached hydrogen (secondary N) is 2. The molecule has 0 saturated carbocycles. The molecule has 1 aromatic heterocycles. The van der Waals surface area contributed by atoms with Crippen molar-refractivity contribution in [3.63, 3.8) is 0 Å². The van der Waals surface area contributed by atoms with Gasteiger partial charge in [0.2, 0.25) is 0 Å². The van der Waals surface area contributed by atoms with Gasteiger partial charge in [-0.2, -0.15) is 0 Å². The largest absolute Gasteiger partial charge is 0.322 e. The molecule has 3 aromatic rings. The molecule has 0 aliphatic carbocycles. The molecule has 0 fully saturated rings. The number of H-pyrrole nitrogens is 1. The van der Waals surface area contributed by atoms with Crippen molar-refractivity contribution in [2.75, 3.05) is 11.9 Å². The summed E-state index contributed by atoms with van der Waals surface area (Å²) >= 11 is 0. The number of halogens is 2. The first-order valence-corrected chi connectivity index (χ1v) is 9.56. The quantitative estimate of drug-likeness (QED) is 0.693. The number of hydrogen-bond acceptors (Lipinski definition) is 3. The maximum atomic E-state index is 13.8. The molecule has 1 aliphatic rings. The van der Waals surface area contributed by atoms with Crippen molar-refractivity contribution in [3.05, 3.63) is 92.7 Å². The molecule has 30 heavy (non-hydrogen) atoms. The first-order chi connectivity index (χ1) is 14.4. The van der Waals surface area contributed by atoms with Crippen molar-refractivity contribution in [1.29, 1.82) is 0 Å². The van der Waals surface area contributed by atoms with E-state index in [1.165, 1.54) is 4.90 Å². The first-order valence-electron chi connectivity index (χ1n) is 9.56. The molecule has 8 heteroatoms. The van der Waals surface area contributed by atoms with Crippen LogP contribution in [-0.4, -0.2) is 27.4 Å². The lowest BCUT2D eigenvalue weighted by Crippen LogP contribution is -2.42. The first kappa shape index (κ1) is 19.8. The Hall–Kier alpha value is -3.55. The highest BCUT2D eigenvalue weighted by atomic mass is 19.1. The van der Waals surface area contributed by atoms with Crippen LogP contribution in [0.1, 0.15) is 28.2 Å². The van der Waals surface area contributed by atoms with Gasteiger partial charge in [-0.05, 0) is 24.6 Å². The Labute approximate surface area is 171 Å². The maximum Gasteiger partial charge on any atom is 0.322 e. The molecule has 4 rings (SSSR count). The van der Waals surface area contributed by atoms with E-state index < -0.39 is 17.7 Å². The fraction of sp³-hybridized carbons (Fsp3) is 0.227. The molecule has 0 unspecified atom stereocenters. The molecule has 2 N–H and O–H groups in total. The standard InChI is InChI=1S/C22H20F2N4O2/c1-13-3-2-4-14(9-13)10-20-25-18-7-8-28(12-16(18)21(29)27-20)22(30)26-19-6-5-15(23)11-17(19)24/h2-6,9,11H,7-8,10,12H2,1H3,(H,26,30)(H,25,27,29). The fourth-order valence-electron chi connectivity index (χ4n) is 3.53. The van der Waals surface area contributed by atoms with Crippen LogP contribution in [0.2, 0.25) is 0 Å². The Morgan fingerprint density at radius 3 is 2.83 bits per heavy atom. The zero-order valence-electron chi connectivity index (χ0n) is 16.3. The summed E-state index contributed by atoms with van der Waals surface area (Å²) in [6.45, 7) is 2.41. The van der Waals surface area contributed by atoms with E-state index in [1.54, 1.807) is 0 Å². The molecular formula is C22H20F2N4O2. The minimum atomic E-state index is -0.860. The Bertz CT molecular complexity index is 1180. The van der Waals surface area contributed by atoms with Crippen LogP contribution in [0.5, 0.6) is 0 Å². The van der Waals surface area contributed by atoms with E-state index in [2.05, 4.69) is 15.3 Å². The van der Waals surface area contributed by atoms with Crippen LogP contribution in [0, 0.1) is 18.6 Å². The highest BCUT2D eigenvalue weighted by molar-refractivity contribution is 5.89. The third kappa shape index (κ3) is 4.22. The highest BCUT2D eigenvalue weighted by Crippen LogP contribution is 2.19. The Kier molecular flexibility index (Phi) is 5.31. The third-order valence-electron chi connectivity index (χ3n) is 5.03. The lowest BCUT2D eigenvalue weighted by Gasteiger charge is -2.28. The number of rotatable bonds is 3. The van der Waals surface area contributed by atoms with Gasteiger partial charge in [-0.3, -0.25) is 4.79 Å². The van der Waals surface area contributed by atoms with Crippen LogP contribution >= 0.6 is 0 Å². The normalized spacial score (nSPS) is 13.1. The van der Waals surface area contributed by atoms with Crippen LogP contribution in [0.15, 0.2) is 47.3 Å². The SMILES string of the molecule is Cc1cccc(Cc2nc3c(c(=O)[nH]2)CN(C(=O)Nc2ccc(F)cc2F)CC3)c1. The van der Waals surface area contributed by atoms with E-state index in [1.807, 2.05) is 31.2 Å². The summed E-state index contributed by atoms with van der Waals surface area (Å²) in [7, 11) is 0. The highest BCUT2D eigenvalue weighted by Gasteiger charge is 2.25. The number of fused-ring (bicyclic) bond motifs is 1. The second-order valence-corrected chi connectivity index (χ2v) is 7.33. The minimum absolute atomic E-state index is 0.0665. The second-order valence-electron chi connectivity index (χ2n) is 7.33. The number of amides is 2. The molecule has 0 spiro atoms. The molecule has 2 heterocycles. The molecule has 2 amide bonds. The summed E-state index contributed by atoms with van der Waals surface area (Å²) in [4.78, 5) is 33.9. The fourth-order valence-corrected chi connectivity index (χ4v) is 3.53. The average molecular weight is 410 g/mol. The molecule has 1 aliphatic heterocycles. The van der Waals surface area contributed by atoms with Crippen LogP contribution in [0.25, 0.3) is 0 Å². The van der Waals surface area contributed by atoms with Crippen molar-refractivity contribution in [1.82, 2.24) is 14.9 Å². The van der Waals surface area contributed by atoms with Crippen molar-refractivity contribution < 1.29 is 13.6 Å². The minimum Gasteiger partial charge on any atom is -0.320 e. The topological polar surface area (TPSA) is 78.1 Å². The summed E-state index contributed by atoms with van der Waals surface area (Å²) in [6.07, 6.45) is 0.928. The lowest BCUT2D eigenvalue weighted by atomic mass is 10.1. The molecule has 6 nitrogen and oxygen atoms in total. The van der Waals surface area contributed by atoms with Gasteiger partial charge in [0.25, 0.3) is 5.56 Å². The van der Waals surface area contributed by atoms with Crippen LogP contribution in [-0.2, 0) is 19.4 Å². The summed E-state index contributed by atoms with van der Waals surface area (Å²) in [5.41, 5.74) is 2.87. The van der Waals surface area contributed by atoms with Gasteiger partial charge in [-0.1, -0.05) is 29.8 Å². The molecule has 0 radical (unpaired) electrons. The molecule has 0 saturated heterocycles. The van der Waals surface area contributed by atoms with Gasteiger partial charge in [0, 0.05) is 25.5 Å². The van der Waals surface area contributed by atoms with Crippen molar-refractivity contribution in [2.24, 2.45) is 0 Å². The second kappa shape index (κ2) is 8.06. The number of aromatic amines is 1. The van der Waals surface area contributed by atoms with Gasteiger partial charge in [0.1, 0.15) is 17.5 Å². The van der Waals surface area contributed by atoms with E-state index in [-0.39, 0.29) is 17.8 Å². The number of carbonyl (C=O) groups is 1. The monoisotopic (exact) mass is 410 g/mol. The summed E-state index contributed by atoms with van der Waals surface area (Å²) in [6, 6.07) is 10.3. The molecular weight excluding hydrogens is 390 g/mol. The molecule has 154 valence electrons. The smallest absolute Gasteiger partial charge is 0.320 e. The van der Waals surface area contributed by atoms with Gasteiger partial charge in [0.05, 0.1) is 23.5 Å². The zero-order valence-corrected chi connectivity index (χ0v) is 16.3. The van der Waals surface area contributed by atoms with E-state index in [9.17, 15) is 18.4 Å². The van der Waals surface area contributed by atoms with E-state index in [0.29, 0.717) is 42.5 Å². The lowest BCUT2D eigenvalue weighted by molar-refractivity contribution is 0.205. The number of carbonyl (C=O) groups excluding carboxylic acids is 1. The van der Waals surface area contributed by atoms with Gasteiger partial charge >= 0.3 is 6.03 Å². The number of aryl methyl sites for hydroxylation is 1. The van der Waals surface area contributed by atoms with Gasteiger partial charge in [-0.25, -0.2) is 18.6 Å². The zero-order chi connectivity index (χ0) is 21.3. The maximum absolute atomic E-state index is 13.8. The Morgan fingerprint density at radius 2 is 2.07 bits per heavy atom. The molecule has 0 atom stereocenters. The Balaban J connectivity index is 1.49. The van der Waals surface area contributed by atoms with Crippen molar-refractivity contribution in [2.45, 2.75) is 26.3 Å². The van der Waals surface area contributed by atoms with E-state index in [0.717, 1.165) is 23.3 Å². The third-order valence-corrected chi connectivity index (χ3v) is 5.03. The van der Waals surface area contributed by atoms with Gasteiger partial charge in [-0.15, -0.1) is 0 Å². The van der Waals surface area contributed by atoms with Crippen LogP contribution in [0.3, 0.4) is 0 Å². The Morgan fingerprint density at radius 1 is 1.23 bits per heavy atom. The number of anilines is 1. The van der Waals surface area contributed by atoms with Gasteiger partial charge in [0.15, 0.2) is 0 Å². The summed E-state index contributed by atoms with van der Waals surface area (Å²) < 4.78 is 26.8. The average Bonchev–Trinajstić information content (AvgIpc) is 2.70. The van der Waals surface area contributed by atoms with Crippen molar-refractivity contribution >= 4 is 11.7 Å². The van der Waals surface area contributed by atoms with Crippen LogP contribution < -0.4 is 10.9 Å². The number of hydrogen-bond donors (Lipinski definition) is 2. The van der Waals surface area contributed by atoms with Crippen molar-refractivity contribution in [3.8, 4) is 0 Å². The predicted molar refractivity (Wildman–Crippen MR) is 108 cm³/mol. The number of benzene rings is 2. The van der Waals surface area contributed by atoms with Crippen LogP contribution in [0.4, 0.5) is 19.3 Å². The van der Waals surface area contributed by atoms with E-state index >= 15 is 0 Å². The molecule has 0 bridgehead atoms. The number of urea groups is 1. The molecule has 2 aromatic carbocycles. The van der Waals surface area contributed by atoms with E-state index in [4.69, 9.17) is 0 Å². The van der Waals surface area contributed by atoms with Gasteiger partial charge < -0.3 is 15.2 Å². The summed E-state index contributed by atoms with van der Waals surface area (Å²) in [5.74, 6) is -1.01. The predicted octanol–water partition coefficient (Wildman–Crippen LogP) is 3.54. The summed E-state index contributed by atoms with van der Waals surface area (Å²) in [5, 5.41) is 2.42.